The first-order valence-electron chi connectivity index (χ1n) is 6.84. The number of carbonyl (C=O) groups is 1. The fraction of sp³-hybridized carbons (Fsp3) is 0.533. The fourth-order valence-corrected chi connectivity index (χ4v) is 2.22. The third-order valence-electron chi connectivity index (χ3n) is 3.75. The second-order valence-corrected chi connectivity index (χ2v) is 5.70. The van der Waals surface area contributed by atoms with Gasteiger partial charge in [-0.2, -0.15) is 0 Å². The SMILES string of the molecule is CC(CNc1ccc(C(=O)N(C)C)cc1N)C1CC1. The van der Waals surface area contributed by atoms with E-state index in [1.165, 1.54) is 12.8 Å². The van der Waals surface area contributed by atoms with E-state index in [2.05, 4.69) is 12.2 Å². The summed E-state index contributed by atoms with van der Waals surface area (Å²) in [7, 11) is 3.48. The molecule has 3 N–H and O–H groups in total. The molecule has 1 aromatic rings. The minimum Gasteiger partial charge on any atom is -0.397 e. The van der Waals surface area contributed by atoms with Crippen LogP contribution in [0.4, 0.5) is 11.4 Å². The van der Waals surface area contributed by atoms with Crippen LogP contribution in [0.3, 0.4) is 0 Å². The highest BCUT2D eigenvalue weighted by Gasteiger charge is 2.27. The van der Waals surface area contributed by atoms with Crippen LogP contribution in [-0.4, -0.2) is 31.4 Å². The predicted molar refractivity (Wildman–Crippen MR) is 79.2 cm³/mol. The van der Waals surface area contributed by atoms with Gasteiger partial charge in [0.25, 0.3) is 5.91 Å². The lowest BCUT2D eigenvalue weighted by Gasteiger charge is -2.16. The molecular formula is C15H23N3O. The third kappa shape index (κ3) is 3.40. The summed E-state index contributed by atoms with van der Waals surface area (Å²) < 4.78 is 0. The summed E-state index contributed by atoms with van der Waals surface area (Å²) >= 11 is 0. The van der Waals surface area contributed by atoms with Crippen LogP contribution in [0.1, 0.15) is 30.1 Å². The lowest BCUT2D eigenvalue weighted by molar-refractivity contribution is 0.0827. The van der Waals surface area contributed by atoms with Gasteiger partial charge in [-0.15, -0.1) is 0 Å². The predicted octanol–water partition coefficient (Wildman–Crippen LogP) is 2.43. The quantitative estimate of drug-likeness (QED) is 0.800. The normalized spacial score (nSPS) is 15.9. The van der Waals surface area contributed by atoms with Gasteiger partial charge >= 0.3 is 0 Å². The van der Waals surface area contributed by atoms with Crippen LogP contribution >= 0.6 is 0 Å². The van der Waals surface area contributed by atoms with Crippen molar-refractivity contribution < 1.29 is 4.79 Å². The highest BCUT2D eigenvalue weighted by atomic mass is 16.2. The Kier molecular flexibility index (Phi) is 3.98. The highest BCUT2D eigenvalue weighted by molar-refractivity contribution is 5.95. The van der Waals surface area contributed by atoms with E-state index < -0.39 is 0 Å². The number of benzene rings is 1. The number of carbonyl (C=O) groups excluding carboxylic acids is 1. The van der Waals surface area contributed by atoms with Crippen LogP contribution in [0.25, 0.3) is 0 Å². The van der Waals surface area contributed by atoms with Gasteiger partial charge in [-0.25, -0.2) is 0 Å². The zero-order valence-electron chi connectivity index (χ0n) is 11.9. The molecule has 0 heterocycles. The fourth-order valence-electron chi connectivity index (χ4n) is 2.22. The molecule has 104 valence electrons. The first-order chi connectivity index (χ1) is 8.99. The number of nitrogens with two attached hydrogens (primary N) is 1. The molecule has 1 atom stereocenters. The average Bonchev–Trinajstić information content (AvgIpc) is 3.20. The van der Waals surface area contributed by atoms with Crippen LogP contribution in [0.2, 0.25) is 0 Å². The molecular weight excluding hydrogens is 238 g/mol. The van der Waals surface area contributed by atoms with Gasteiger partial charge in [0.05, 0.1) is 11.4 Å². The number of amides is 1. The molecule has 1 aliphatic carbocycles. The number of nitrogens with zero attached hydrogens (tertiary/aromatic N) is 1. The van der Waals surface area contributed by atoms with E-state index in [-0.39, 0.29) is 5.91 Å². The molecule has 0 aliphatic heterocycles. The molecule has 0 spiro atoms. The van der Waals surface area contributed by atoms with Gasteiger partial charge in [0.1, 0.15) is 0 Å². The number of hydrogen-bond acceptors (Lipinski definition) is 3. The Morgan fingerprint density at radius 3 is 2.68 bits per heavy atom. The zero-order chi connectivity index (χ0) is 14.0. The van der Waals surface area contributed by atoms with Crippen molar-refractivity contribution >= 4 is 17.3 Å². The van der Waals surface area contributed by atoms with Crippen molar-refractivity contribution in [2.45, 2.75) is 19.8 Å². The number of rotatable bonds is 5. The van der Waals surface area contributed by atoms with Crippen molar-refractivity contribution in [1.29, 1.82) is 0 Å². The van der Waals surface area contributed by atoms with E-state index in [4.69, 9.17) is 5.73 Å². The standard InChI is InChI=1S/C15H23N3O/c1-10(11-4-5-11)9-17-14-7-6-12(8-13(14)16)15(19)18(2)3/h6-8,10-11,17H,4-5,9,16H2,1-3H3. The van der Waals surface area contributed by atoms with Crippen molar-refractivity contribution in [3.05, 3.63) is 23.8 Å². The van der Waals surface area contributed by atoms with Crippen molar-refractivity contribution in [1.82, 2.24) is 4.90 Å². The maximum absolute atomic E-state index is 11.8. The summed E-state index contributed by atoms with van der Waals surface area (Å²) in [4.78, 5) is 13.4. The molecule has 0 saturated heterocycles. The van der Waals surface area contributed by atoms with Gasteiger partial charge in [0, 0.05) is 26.2 Å². The van der Waals surface area contributed by atoms with Crippen LogP contribution in [-0.2, 0) is 0 Å². The lowest BCUT2D eigenvalue weighted by Crippen LogP contribution is -2.22. The number of nitrogen functional groups attached to an aromatic ring is 1. The second kappa shape index (κ2) is 5.51. The summed E-state index contributed by atoms with van der Waals surface area (Å²) in [6, 6.07) is 5.46. The van der Waals surface area contributed by atoms with Crippen molar-refractivity contribution in [2.24, 2.45) is 11.8 Å². The van der Waals surface area contributed by atoms with Crippen molar-refractivity contribution in [3.63, 3.8) is 0 Å². The van der Waals surface area contributed by atoms with E-state index in [9.17, 15) is 4.79 Å². The largest absolute Gasteiger partial charge is 0.397 e. The highest BCUT2D eigenvalue weighted by Crippen LogP contribution is 2.36. The zero-order valence-corrected chi connectivity index (χ0v) is 11.9. The van der Waals surface area contributed by atoms with Gasteiger partial charge in [0.2, 0.25) is 0 Å². The smallest absolute Gasteiger partial charge is 0.253 e. The lowest BCUT2D eigenvalue weighted by atomic mass is 10.1. The molecule has 0 radical (unpaired) electrons. The molecule has 4 heteroatoms. The van der Waals surface area contributed by atoms with E-state index in [1.807, 2.05) is 12.1 Å². The molecule has 2 rings (SSSR count). The third-order valence-corrected chi connectivity index (χ3v) is 3.75. The number of hydrogen-bond donors (Lipinski definition) is 2. The first-order valence-corrected chi connectivity index (χ1v) is 6.84. The van der Waals surface area contributed by atoms with Gasteiger partial charge in [0.15, 0.2) is 0 Å². The van der Waals surface area contributed by atoms with Gasteiger partial charge in [-0.3, -0.25) is 4.79 Å². The summed E-state index contributed by atoms with van der Waals surface area (Å²) in [5, 5.41) is 3.38. The maximum Gasteiger partial charge on any atom is 0.253 e. The molecule has 1 fully saturated rings. The summed E-state index contributed by atoms with van der Waals surface area (Å²) in [5.74, 6) is 1.54. The van der Waals surface area contributed by atoms with Gasteiger partial charge in [-0.1, -0.05) is 6.92 Å². The summed E-state index contributed by atoms with van der Waals surface area (Å²) in [6.45, 7) is 3.21. The van der Waals surface area contributed by atoms with E-state index in [0.717, 1.165) is 18.2 Å². The van der Waals surface area contributed by atoms with Crippen molar-refractivity contribution in [3.8, 4) is 0 Å². The molecule has 1 amide bonds. The topological polar surface area (TPSA) is 58.4 Å². The molecule has 1 aromatic carbocycles. The Bertz CT molecular complexity index is 466. The molecule has 1 saturated carbocycles. The maximum atomic E-state index is 11.8. The van der Waals surface area contributed by atoms with Gasteiger partial charge in [-0.05, 0) is 42.9 Å². The van der Waals surface area contributed by atoms with Crippen LogP contribution in [0.15, 0.2) is 18.2 Å². The Morgan fingerprint density at radius 2 is 2.16 bits per heavy atom. The number of anilines is 2. The first kappa shape index (κ1) is 13.7. The Labute approximate surface area is 115 Å². The van der Waals surface area contributed by atoms with Crippen LogP contribution in [0.5, 0.6) is 0 Å². The molecule has 0 aromatic heterocycles. The molecule has 0 bridgehead atoms. The molecule has 4 nitrogen and oxygen atoms in total. The van der Waals surface area contributed by atoms with E-state index in [1.54, 1.807) is 25.1 Å². The Balaban J connectivity index is 2.00. The van der Waals surface area contributed by atoms with Crippen molar-refractivity contribution in [2.75, 3.05) is 31.7 Å². The minimum absolute atomic E-state index is 0.0235. The second-order valence-electron chi connectivity index (χ2n) is 5.70. The van der Waals surface area contributed by atoms with E-state index in [0.29, 0.717) is 17.2 Å². The average molecular weight is 261 g/mol. The Hall–Kier alpha value is -1.71. The van der Waals surface area contributed by atoms with Gasteiger partial charge < -0.3 is 16.0 Å². The number of nitrogens with one attached hydrogen (secondary N) is 1. The molecule has 1 unspecified atom stereocenters. The monoisotopic (exact) mass is 261 g/mol. The minimum atomic E-state index is -0.0235. The van der Waals surface area contributed by atoms with Crippen LogP contribution in [0, 0.1) is 11.8 Å². The van der Waals surface area contributed by atoms with E-state index >= 15 is 0 Å². The molecule has 19 heavy (non-hydrogen) atoms. The van der Waals surface area contributed by atoms with Crippen LogP contribution < -0.4 is 11.1 Å². The molecule has 1 aliphatic rings. The summed E-state index contributed by atoms with van der Waals surface area (Å²) in [5.41, 5.74) is 8.19. The Morgan fingerprint density at radius 1 is 1.47 bits per heavy atom. The summed E-state index contributed by atoms with van der Waals surface area (Å²) in [6.07, 6.45) is 2.71.